The predicted molar refractivity (Wildman–Crippen MR) is 104 cm³/mol. The standard InChI is InChI=1S/C19H29NSi2/c1-6-17-20(21(2,3)18-13-9-7-10-14-18)22(4,5)19-15-11-8-12-16-19/h7-16H,6,17H2,1-5H3. The van der Waals surface area contributed by atoms with Gasteiger partial charge >= 0.3 is 0 Å². The second-order valence-electron chi connectivity index (χ2n) is 7.00. The van der Waals surface area contributed by atoms with E-state index in [-0.39, 0.29) is 0 Å². The van der Waals surface area contributed by atoms with E-state index in [1.165, 1.54) is 13.0 Å². The van der Waals surface area contributed by atoms with Crippen molar-refractivity contribution in [1.82, 2.24) is 4.23 Å². The molecule has 0 bridgehead atoms. The fourth-order valence-electron chi connectivity index (χ4n) is 3.49. The zero-order valence-electron chi connectivity index (χ0n) is 14.6. The van der Waals surface area contributed by atoms with E-state index >= 15 is 0 Å². The Bertz CT molecular complexity index is 527. The van der Waals surface area contributed by atoms with Crippen LogP contribution in [0.1, 0.15) is 13.3 Å². The van der Waals surface area contributed by atoms with Gasteiger partial charge in [-0.1, -0.05) is 93.8 Å². The molecule has 0 aliphatic rings. The summed E-state index contributed by atoms with van der Waals surface area (Å²) in [5, 5.41) is 3.08. The Hall–Kier alpha value is -1.17. The van der Waals surface area contributed by atoms with Crippen molar-refractivity contribution in [2.45, 2.75) is 39.5 Å². The summed E-state index contributed by atoms with van der Waals surface area (Å²) in [6.07, 6.45) is 1.21. The van der Waals surface area contributed by atoms with Crippen molar-refractivity contribution in [3.05, 3.63) is 60.7 Å². The van der Waals surface area contributed by atoms with Gasteiger partial charge in [0, 0.05) is 0 Å². The smallest absolute Gasteiger partial charge is 0.147 e. The van der Waals surface area contributed by atoms with Crippen LogP contribution in [0.2, 0.25) is 26.2 Å². The van der Waals surface area contributed by atoms with Crippen molar-refractivity contribution in [2.24, 2.45) is 0 Å². The van der Waals surface area contributed by atoms with Crippen LogP contribution in [0, 0.1) is 0 Å². The first-order chi connectivity index (χ1) is 10.4. The van der Waals surface area contributed by atoms with E-state index in [0.717, 1.165) is 0 Å². The van der Waals surface area contributed by atoms with Crippen molar-refractivity contribution in [2.75, 3.05) is 6.54 Å². The lowest BCUT2D eigenvalue weighted by Gasteiger charge is -2.47. The molecule has 0 saturated carbocycles. The van der Waals surface area contributed by atoms with Crippen LogP contribution in [0.3, 0.4) is 0 Å². The van der Waals surface area contributed by atoms with Gasteiger partial charge in [0.05, 0.1) is 0 Å². The fraction of sp³-hybridized carbons (Fsp3) is 0.368. The highest BCUT2D eigenvalue weighted by atomic mass is 28.4. The summed E-state index contributed by atoms with van der Waals surface area (Å²) in [7, 11) is -3.31. The van der Waals surface area contributed by atoms with E-state index in [4.69, 9.17) is 0 Å². The van der Waals surface area contributed by atoms with Crippen LogP contribution >= 0.6 is 0 Å². The van der Waals surface area contributed by atoms with Crippen LogP contribution in [-0.4, -0.2) is 27.2 Å². The van der Waals surface area contributed by atoms with Gasteiger partial charge in [0.2, 0.25) is 0 Å². The van der Waals surface area contributed by atoms with Gasteiger partial charge in [-0.25, -0.2) is 0 Å². The Kier molecular flexibility index (Phi) is 5.43. The van der Waals surface area contributed by atoms with Crippen LogP contribution in [0.15, 0.2) is 60.7 Å². The van der Waals surface area contributed by atoms with Gasteiger partial charge in [-0.05, 0) is 23.3 Å². The van der Waals surface area contributed by atoms with Gasteiger partial charge < -0.3 is 4.23 Å². The normalized spacial score (nSPS) is 12.6. The maximum Gasteiger partial charge on any atom is 0.147 e. The topological polar surface area (TPSA) is 3.24 Å². The molecule has 2 aromatic carbocycles. The summed E-state index contributed by atoms with van der Waals surface area (Å²) in [6.45, 7) is 13.5. The van der Waals surface area contributed by atoms with E-state index in [0.29, 0.717) is 0 Å². The van der Waals surface area contributed by atoms with Crippen LogP contribution in [0.25, 0.3) is 0 Å². The molecule has 118 valence electrons. The fourth-order valence-corrected chi connectivity index (χ4v) is 14.1. The molecule has 2 aromatic rings. The molecule has 0 atom stereocenters. The largest absolute Gasteiger partial charge is 0.339 e. The van der Waals surface area contributed by atoms with Gasteiger partial charge in [0.25, 0.3) is 0 Å². The van der Waals surface area contributed by atoms with Gasteiger partial charge in [-0.3, -0.25) is 0 Å². The average Bonchev–Trinajstić information content (AvgIpc) is 2.54. The molecular weight excluding hydrogens is 298 g/mol. The van der Waals surface area contributed by atoms with Gasteiger partial charge in [-0.2, -0.15) is 0 Å². The Balaban J connectivity index is 2.45. The molecule has 0 aliphatic carbocycles. The number of hydrogen-bond donors (Lipinski definition) is 0. The highest BCUT2D eigenvalue weighted by molar-refractivity contribution is 7.02. The molecule has 0 unspecified atom stereocenters. The zero-order valence-corrected chi connectivity index (χ0v) is 16.6. The Morgan fingerprint density at radius 1 is 0.682 bits per heavy atom. The lowest BCUT2D eigenvalue weighted by molar-refractivity contribution is 0.610. The summed E-state index contributed by atoms with van der Waals surface area (Å²) in [4.78, 5) is 0. The van der Waals surface area contributed by atoms with Crippen LogP contribution in [0.5, 0.6) is 0 Å². The van der Waals surface area contributed by atoms with E-state index in [2.05, 4.69) is 98.0 Å². The molecule has 0 amide bonds. The molecule has 0 heterocycles. The van der Waals surface area contributed by atoms with Crippen LogP contribution in [-0.2, 0) is 0 Å². The van der Waals surface area contributed by atoms with Crippen LogP contribution < -0.4 is 10.4 Å². The molecule has 1 nitrogen and oxygen atoms in total. The second-order valence-corrected chi connectivity index (χ2v) is 15.9. The molecule has 0 aliphatic heterocycles. The molecule has 0 saturated heterocycles. The van der Waals surface area contributed by atoms with Crippen molar-refractivity contribution in [1.29, 1.82) is 0 Å². The maximum absolute atomic E-state index is 2.91. The third-order valence-electron chi connectivity index (χ3n) is 4.76. The predicted octanol–water partition coefficient (Wildman–Crippen LogP) is 3.92. The SMILES string of the molecule is CCCN([Si](C)(C)c1ccccc1)[Si](C)(C)c1ccccc1. The molecule has 2 rings (SSSR count). The number of benzene rings is 2. The average molecular weight is 328 g/mol. The monoisotopic (exact) mass is 327 g/mol. The van der Waals surface area contributed by atoms with E-state index in [9.17, 15) is 0 Å². The minimum atomic E-state index is -1.65. The van der Waals surface area contributed by atoms with E-state index < -0.39 is 16.5 Å². The Morgan fingerprint density at radius 2 is 1.05 bits per heavy atom. The molecule has 22 heavy (non-hydrogen) atoms. The first-order valence-electron chi connectivity index (χ1n) is 8.29. The highest BCUT2D eigenvalue weighted by Gasteiger charge is 2.42. The second kappa shape index (κ2) is 6.94. The lowest BCUT2D eigenvalue weighted by atomic mass is 10.4. The summed E-state index contributed by atoms with van der Waals surface area (Å²) in [6, 6.07) is 22.3. The first kappa shape index (κ1) is 17.2. The third-order valence-corrected chi connectivity index (χ3v) is 14.8. The summed E-state index contributed by atoms with van der Waals surface area (Å²) < 4.78 is 2.91. The molecule has 3 heteroatoms. The zero-order chi connectivity index (χ0) is 16.2. The van der Waals surface area contributed by atoms with Gasteiger partial charge in [0.1, 0.15) is 16.5 Å². The molecule has 0 fully saturated rings. The number of hydrogen-bond acceptors (Lipinski definition) is 1. The highest BCUT2D eigenvalue weighted by Crippen LogP contribution is 2.20. The summed E-state index contributed by atoms with van der Waals surface area (Å²) in [5.41, 5.74) is 0. The van der Waals surface area contributed by atoms with Gasteiger partial charge in [-0.15, -0.1) is 0 Å². The van der Waals surface area contributed by atoms with Crippen molar-refractivity contribution in [3.63, 3.8) is 0 Å². The molecule has 0 N–H and O–H groups in total. The molecule has 0 spiro atoms. The Labute approximate surface area is 138 Å². The van der Waals surface area contributed by atoms with Crippen molar-refractivity contribution in [3.8, 4) is 0 Å². The van der Waals surface area contributed by atoms with Crippen LogP contribution in [0.4, 0.5) is 0 Å². The Morgan fingerprint density at radius 3 is 1.36 bits per heavy atom. The minimum absolute atomic E-state index is 1.20. The number of rotatable bonds is 6. The molecule has 0 radical (unpaired) electrons. The number of nitrogens with zero attached hydrogens (tertiary/aromatic N) is 1. The first-order valence-corrected chi connectivity index (χ1v) is 14.2. The van der Waals surface area contributed by atoms with Crippen molar-refractivity contribution >= 4 is 26.8 Å². The summed E-state index contributed by atoms with van der Waals surface area (Å²) >= 11 is 0. The van der Waals surface area contributed by atoms with E-state index in [1.807, 2.05) is 0 Å². The van der Waals surface area contributed by atoms with Gasteiger partial charge in [0.15, 0.2) is 0 Å². The lowest BCUT2D eigenvalue weighted by Crippen LogP contribution is -2.71. The minimum Gasteiger partial charge on any atom is -0.339 e. The maximum atomic E-state index is 2.91. The molecule has 0 aromatic heterocycles. The van der Waals surface area contributed by atoms with Crippen molar-refractivity contribution < 1.29 is 0 Å². The third kappa shape index (κ3) is 3.42. The quantitative estimate of drug-likeness (QED) is 0.727. The molecular formula is C19H29NSi2. The summed E-state index contributed by atoms with van der Waals surface area (Å²) in [5.74, 6) is 0. The van der Waals surface area contributed by atoms with E-state index in [1.54, 1.807) is 10.4 Å².